The third-order valence-electron chi connectivity index (χ3n) is 3.44. The van der Waals surface area contributed by atoms with Crippen LogP contribution in [0.15, 0.2) is 29.3 Å². The zero-order valence-electron chi connectivity index (χ0n) is 10.1. The van der Waals surface area contributed by atoms with Crippen molar-refractivity contribution in [2.75, 3.05) is 0 Å². The maximum absolute atomic E-state index is 11.3. The fraction of sp³-hybridized carbons (Fsp3) is 0.385. The molecular weight excluding hydrogens is 228 g/mol. The molecule has 1 unspecified atom stereocenters. The van der Waals surface area contributed by atoms with Crippen molar-refractivity contribution in [3.63, 3.8) is 0 Å². The first-order chi connectivity index (χ1) is 8.83. The molecule has 0 radical (unpaired) electrons. The normalized spacial score (nSPS) is 18.6. The van der Waals surface area contributed by atoms with E-state index in [1.807, 2.05) is 18.5 Å². The Morgan fingerprint density at radius 2 is 2.39 bits per heavy atom. The lowest BCUT2D eigenvalue weighted by Crippen LogP contribution is -2.26. The molecule has 5 heteroatoms. The quantitative estimate of drug-likeness (QED) is 0.761. The lowest BCUT2D eigenvalue weighted by atomic mass is 9.91. The van der Waals surface area contributed by atoms with Gasteiger partial charge in [-0.1, -0.05) is 6.07 Å². The Bertz CT molecular complexity index is 573. The minimum atomic E-state index is -0.00997. The first kappa shape index (κ1) is 11.2. The third-order valence-corrected chi connectivity index (χ3v) is 3.44. The van der Waals surface area contributed by atoms with Gasteiger partial charge >= 0.3 is 0 Å². The highest BCUT2D eigenvalue weighted by atomic mass is 16.1. The zero-order valence-corrected chi connectivity index (χ0v) is 10.1. The van der Waals surface area contributed by atoms with Crippen molar-refractivity contribution < 1.29 is 0 Å². The molecular formula is C13H16N4O. The molecule has 0 amide bonds. The minimum absolute atomic E-state index is 0.00997. The van der Waals surface area contributed by atoms with Crippen LogP contribution in [0.3, 0.4) is 0 Å². The van der Waals surface area contributed by atoms with E-state index in [4.69, 9.17) is 0 Å². The number of aryl methyl sites for hydroxylation is 1. The Hall–Kier alpha value is -1.88. The van der Waals surface area contributed by atoms with Gasteiger partial charge in [0.2, 0.25) is 5.56 Å². The second-order valence-corrected chi connectivity index (χ2v) is 4.69. The van der Waals surface area contributed by atoms with Crippen LogP contribution in [0.25, 0.3) is 0 Å². The predicted octanol–water partition coefficient (Wildman–Crippen LogP) is 1.27. The monoisotopic (exact) mass is 244 g/mol. The van der Waals surface area contributed by atoms with Gasteiger partial charge in [0, 0.05) is 36.1 Å². The van der Waals surface area contributed by atoms with Crippen LogP contribution in [0.4, 0.5) is 0 Å². The molecule has 0 saturated carbocycles. The molecule has 0 aromatic carbocycles. The summed E-state index contributed by atoms with van der Waals surface area (Å²) in [4.78, 5) is 14.2. The average Bonchev–Trinajstić information content (AvgIpc) is 2.89. The van der Waals surface area contributed by atoms with Crippen LogP contribution in [0.1, 0.15) is 35.7 Å². The van der Waals surface area contributed by atoms with Crippen LogP contribution in [-0.4, -0.2) is 15.2 Å². The summed E-state index contributed by atoms with van der Waals surface area (Å²) in [6, 6.07) is 3.87. The van der Waals surface area contributed by atoms with E-state index in [0.717, 1.165) is 37.1 Å². The molecule has 3 N–H and O–H groups in total. The smallest absolute Gasteiger partial charge is 0.248 e. The fourth-order valence-electron chi connectivity index (χ4n) is 2.53. The Kier molecular flexibility index (Phi) is 2.98. The number of hydrogen-bond donors (Lipinski definition) is 3. The molecule has 0 bridgehead atoms. The Balaban J connectivity index is 1.77. The van der Waals surface area contributed by atoms with Crippen molar-refractivity contribution in [1.29, 1.82) is 0 Å². The van der Waals surface area contributed by atoms with Crippen LogP contribution < -0.4 is 10.9 Å². The predicted molar refractivity (Wildman–Crippen MR) is 68.2 cm³/mol. The van der Waals surface area contributed by atoms with Crippen LogP contribution in [-0.2, 0) is 13.0 Å². The van der Waals surface area contributed by atoms with Gasteiger partial charge in [-0.05, 0) is 24.8 Å². The van der Waals surface area contributed by atoms with Gasteiger partial charge in [0.25, 0.3) is 0 Å². The van der Waals surface area contributed by atoms with Gasteiger partial charge in [0.15, 0.2) is 0 Å². The Labute approximate surface area is 105 Å². The van der Waals surface area contributed by atoms with E-state index in [-0.39, 0.29) is 5.56 Å². The second-order valence-electron chi connectivity index (χ2n) is 4.69. The van der Waals surface area contributed by atoms with E-state index in [2.05, 4.69) is 20.5 Å². The number of nitrogens with one attached hydrogen (secondary N) is 3. The summed E-state index contributed by atoms with van der Waals surface area (Å²) in [5.74, 6) is 0. The standard InChI is InChI=1S/C13H16N4O/c18-13-5-4-10-11(2-1-3-12(10)17-13)14-6-9-7-15-16-8-9/h4-5,7-8,11,14H,1-3,6H2,(H,15,16)(H,17,18). The minimum Gasteiger partial charge on any atom is -0.326 e. The average molecular weight is 244 g/mol. The molecule has 18 heavy (non-hydrogen) atoms. The molecule has 0 fully saturated rings. The summed E-state index contributed by atoms with van der Waals surface area (Å²) in [7, 11) is 0. The van der Waals surface area contributed by atoms with Crippen LogP contribution in [0.2, 0.25) is 0 Å². The molecule has 94 valence electrons. The summed E-state index contributed by atoms with van der Waals surface area (Å²) in [5, 5.41) is 10.3. The number of rotatable bonds is 3. The molecule has 1 aliphatic rings. The largest absolute Gasteiger partial charge is 0.326 e. The Morgan fingerprint density at radius 1 is 1.44 bits per heavy atom. The summed E-state index contributed by atoms with van der Waals surface area (Å²) in [6.45, 7) is 0.791. The number of H-pyrrole nitrogens is 2. The van der Waals surface area contributed by atoms with Crippen LogP contribution >= 0.6 is 0 Å². The molecule has 2 heterocycles. The van der Waals surface area contributed by atoms with E-state index < -0.39 is 0 Å². The molecule has 1 aliphatic carbocycles. The highest BCUT2D eigenvalue weighted by molar-refractivity contribution is 5.26. The second kappa shape index (κ2) is 4.78. The van der Waals surface area contributed by atoms with Crippen LogP contribution in [0, 0.1) is 0 Å². The highest BCUT2D eigenvalue weighted by Gasteiger charge is 2.20. The van der Waals surface area contributed by atoms with E-state index in [9.17, 15) is 4.79 Å². The molecule has 0 aliphatic heterocycles. The van der Waals surface area contributed by atoms with Gasteiger partial charge in [-0.3, -0.25) is 9.89 Å². The fourth-order valence-corrected chi connectivity index (χ4v) is 2.53. The van der Waals surface area contributed by atoms with Crippen molar-refractivity contribution in [1.82, 2.24) is 20.5 Å². The maximum atomic E-state index is 11.3. The first-order valence-electron chi connectivity index (χ1n) is 6.26. The third kappa shape index (κ3) is 2.22. The van der Waals surface area contributed by atoms with Gasteiger partial charge in [0.1, 0.15) is 0 Å². The molecule has 0 saturated heterocycles. The molecule has 2 aromatic rings. The molecule has 2 aromatic heterocycles. The maximum Gasteiger partial charge on any atom is 0.248 e. The summed E-state index contributed by atoms with van der Waals surface area (Å²) >= 11 is 0. The van der Waals surface area contributed by atoms with Gasteiger partial charge in [0.05, 0.1) is 6.20 Å². The summed E-state index contributed by atoms with van der Waals surface area (Å²) in [6.07, 6.45) is 6.90. The number of hydrogen-bond acceptors (Lipinski definition) is 3. The Morgan fingerprint density at radius 3 is 3.22 bits per heavy atom. The number of aromatic amines is 2. The van der Waals surface area contributed by atoms with Crippen molar-refractivity contribution in [3.05, 3.63) is 51.7 Å². The highest BCUT2D eigenvalue weighted by Crippen LogP contribution is 2.27. The van der Waals surface area contributed by atoms with Gasteiger partial charge in [-0.25, -0.2) is 0 Å². The number of nitrogens with zero attached hydrogens (tertiary/aromatic N) is 1. The van der Waals surface area contributed by atoms with Crippen LogP contribution in [0.5, 0.6) is 0 Å². The first-order valence-corrected chi connectivity index (χ1v) is 6.26. The number of fused-ring (bicyclic) bond motifs is 1. The van der Waals surface area contributed by atoms with Crippen molar-refractivity contribution in [2.45, 2.75) is 31.8 Å². The van der Waals surface area contributed by atoms with E-state index in [1.54, 1.807) is 6.07 Å². The van der Waals surface area contributed by atoms with Gasteiger partial charge in [-0.2, -0.15) is 5.10 Å². The number of aromatic nitrogens is 3. The van der Waals surface area contributed by atoms with E-state index in [1.165, 1.54) is 5.56 Å². The molecule has 0 spiro atoms. The van der Waals surface area contributed by atoms with E-state index in [0.29, 0.717) is 6.04 Å². The topological polar surface area (TPSA) is 73.6 Å². The lowest BCUT2D eigenvalue weighted by molar-refractivity contribution is 0.453. The van der Waals surface area contributed by atoms with Crippen molar-refractivity contribution in [3.8, 4) is 0 Å². The van der Waals surface area contributed by atoms with Gasteiger partial charge < -0.3 is 10.3 Å². The molecule has 1 atom stereocenters. The number of pyridine rings is 1. The van der Waals surface area contributed by atoms with Crippen molar-refractivity contribution >= 4 is 0 Å². The summed E-state index contributed by atoms with van der Waals surface area (Å²) < 4.78 is 0. The van der Waals surface area contributed by atoms with E-state index >= 15 is 0 Å². The zero-order chi connectivity index (χ0) is 12.4. The van der Waals surface area contributed by atoms with Crippen molar-refractivity contribution in [2.24, 2.45) is 0 Å². The lowest BCUT2D eigenvalue weighted by Gasteiger charge is -2.25. The summed E-state index contributed by atoms with van der Waals surface area (Å²) in [5.41, 5.74) is 3.44. The SMILES string of the molecule is O=c1ccc2c([nH]1)CCCC2NCc1cn[nH]c1. The molecule has 3 rings (SSSR count). The van der Waals surface area contributed by atoms with Gasteiger partial charge in [-0.15, -0.1) is 0 Å². The molecule has 5 nitrogen and oxygen atoms in total.